The van der Waals surface area contributed by atoms with Crippen LogP contribution in [0.15, 0.2) is 22.7 Å². The number of rotatable bonds is 5. The normalized spacial score (nSPS) is 14.3. The van der Waals surface area contributed by atoms with Crippen LogP contribution in [0, 0.1) is 10.1 Å². The van der Waals surface area contributed by atoms with E-state index in [-0.39, 0.29) is 21.1 Å². The molecule has 0 bridgehead atoms. The molecule has 0 radical (unpaired) electrons. The lowest BCUT2D eigenvalue weighted by Gasteiger charge is -2.09. The second-order valence-electron chi connectivity index (χ2n) is 5.94. The molecule has 1 saturated carbocycles. The van der Waals surface area contributed by atoms with Gasteiger partial charge in [-0.25, -0.2) is 0 Å². The molecule has 27 heavy (non-hydrogen) atoms. The summed E-state index contributed by atoms with van der Waals surface area (Å²) in [5.41, 5.74) is -1.33. The summed E-state index contributed by atoms with van der Waals surface area (Å²) in [7, 11) is 0. The van der Waals surface area contributed by atoms with Crippen molar-refractivity contribution in [2.24, 2.45) is 0 Å². The number of amides is 1. The quantitative estimate of drug-likeness (QED) is 0.508. The van der Waals surface area contributed by atoms with Crippen LogP contribution in [0.5, 0.6) is 0 Å². The van der Waals surface area contributed by atoms with E-state index < -0.39 is 34.9 Å². The van der Waals surface area contributed by atoms with Crippen molar-refractivity contribution in [3.8, 4) is 0 Å². The van der Waals surface area contributed by atoms with Crippen LogP contribution in [0.25, 0.3) is 0 Å². The molecule has 1 aromatic heterocycles. The Kier molecular flexibility index (Phi) is 5.17. The molecule has 144 valence electrons. The number of nitrogens with one attached hydrogen (secondary N) is 1. The second-order valence-corrected chi connectivity index (χ2v) is 7.17. The second kappa shape index (κ2) is 7.12. The summed E-state index contributed by atoms with van der Waals surface area (Å²) in [5, 5.41) is 17.0. The maximum absolute atomic E-state index is 13.1. The number of nitro benzene ring substituents is 1. The fourth-order valence-electron chi connectivity index (χ4n) is 2.59. The molecule has 1 fully saturated rings. The Hall–Kier alpha value is -2.14. The fraction of sp³-hybridized carbons (Fsp3) is 0.333. The molecule has 0 saturated heterocycles. The maximum Gasteiger partial charge on any atom is 0.436 e. The summed E-state index contributed by atoms with van der Waals surface area (Å²) in [6.07, 6.45) is -3.27. The van der Waals surface area contributed by atoms with Crippen molar-refractivity contribution in [1.29, 1.82) is 0 Å². The molecule has 12 heteroatoms. The van der Waals surface area contributed by atoms with Crippen LogP contribution in [-0.4, -0.2) is 20.6 Å². The van der Waals surface area contributed by atoms with Crippen LogP contribution in [0.2, 0.25) is 5.02 Å². The van der Waals surface area contributed by atoms with Crippen molar-refractivity contribution < 1.29 is 22.9 Å². The number of carbonyl (C=O) groups excluding carboxylic acids is 1. The van der Waals surface area contributed by atoms with Gasteiger partial charge in [-0.2, -0.15) is 18.3 Å². The molecule has 1 aliphatic rings. The Bertz CT molecular complexity index is 928. The van der Waals surface area contributed by atoms with Gasteiger partial charge in [0.2, 0.25) is 5.91 Å². The van der Waals surface area contributed by atoms with E-state index in [1.807, 2.05) is 0 Å². The van der Waals surface area contributed by atoms with Crippen molar-refractivity contribution in [3.05, 3.63) is 49.2 Å². The number of anilines is 1. The van der Waals surface area contributed by atoms with Crippen molar-refractivity contribution in [3.63, 3.8) is 0 Å². The molecule has 0 spiro atoms. The number of nitrogens with zero attached hydrogens (tertiary/aromatic N) is 3. The minimum Gasteiger partial charge on any atom is -0.319 e. The molecule has 1 aliphatic carbocycles. The number of halogens is 5. The Morgan fingerprint density at radius 2 is 2.11 bits per heavy atom. The van der Waals surface area contributed by atoms with E-state index in [0.717, 1.165) is 10.7 Å². The molecule has 1 amide bonds. The van der Waals surface area contributed by atoms with E-state index in [4.69, 9.17) is 11.6 Å². The van der Waals surface area contributed by atoms with Crippen LogP contribution in [0.1, 0.15) is 30.1 Å². The number of carbonyl (C=O) groups is 1. The predicted molar refractivity (Wildman–Crippen MR) is 93.6 cm³/mol. The van der Waals surface area contributed by atoms with E-state index >= 15 is 0 Å². The van der Waals surface area contributed by atoms with Crippen molar-refractivity contribution in [2.45, 2.75) is 31.5 Å². The third-order valence-corrected chi connectivity index (χ3v) is 4.90. The summed E-state index contributed by atoms with van der Waals surface area (Å²) in [5.74, 6) is -0.855. The van der Waals surface area contributed by atoms with Gasteiger partial charge in [-0.3, -0.25) is 19.6 Å². The van der Waals surface area contributed by atoms with Crippen LogP contribution >= 0.6 is 27.5 Å². The molecule has 0 unspecified atom stereocenters. The van der Waals surface area contributed by atoms with Gasteiger partial charge < -0.3 is 5.32 Å². The summed E-state index contributed by atoms with van der Waals surface area (Å²) >= 11 is 8.64. The molecule has 0 aliphatic heterocycles. The lowest BCUT2D eigenvalue weighted by Crippen LogP contribution is -2.21. The summed E-state index contributed by atoms with van der Waals surface area (Å²) in [6.45, 7) is -0.514. The van der Waals surface area contributed by atoms with E-state index in [2.05, 4.69) is 26.3 Å². The van der Waals surface area contributed by atoms with Crippen molar-refractivity contribution in [2.75, 3.05) is 5.32 Å². The van der Waals surface area contributed by atoms with Gasteiger partial charge >= 0.3 is 6.18 Å². The number of hydrogen-bond acceptors (Lipinski definition) is 4. The van der Waals surface area contributed by atoms with Gasteiger partial charge in [0.05, 0.1) is 15.1 Å². The number of alkyl halides is 3. The van der Waals surface area contributed by atoms with Gasteiger partial charge in [-0.05, 0) is 40.9 Å². The smallest absolute Gasteiger partial charge is 0.319 e. The maximum atomic E-state index is 13.1. The van der Waals surface area contributed by atoms with Gasteiger partial charge in [0.25, 0.3) is 5.69 Å². The number of nitro groups is 1. The first-order valence-corrected chi connectivity index (χ1v) is 8.82. The SMILES string of the molecule is O=C(Cn1nc(C(F)(F)F)c(Br)c1C1CC1)Nc1ccc(Cl)cc1[N+](=O)[O-]. The average Bonchev–Trinajstić information content (AvgIpc) is 3.32. The van der Waals surface area contributed by atoms with Crippen molar-refractivity contribution in [1.82, 2.24) is 9.78 Å². The third-order valence-electron chi connectivity index (χ3n) is 3.89. The molecular weight excluding hydrogens is 457 g/mol. The van der Waals surface area contributed by atoms with Gasteiger partial charge in [0, 0.05) is 17.0 Å². The van der Waals surface area contributed by atoms with E-state index in [1.54, 1.807) is 0 Å². The summed E-state index contributed by atoms with van der Waals surface area (Å²) in [6, 6.07) is 3.67. The van der Waals surface area contributed by atoms with E-state index in [1.165, 1.54) is 12.1 Å². The first-order chi connectivity index (χ1) is 12.6. The minimum atomic E-state index is -4.67. The van der Waals surface area contributed by atoms with Gasteiger partial charge in [-0.15, -0.1) is 0 Å². The highest BCUT2D eigenvalue weighted by Gasteiger charge is 2.42. The lowest BCUT2D eigenvalue weighted by atomic mass is 10.2. The van der Waals surface area contributed by atoms with Gasteiger partial charge in [-0.1, -0.05) is 11.6 Å². The van der Waals surface area contributed by atoms with E-state index in [0.29, 0.717) is 18.5 Å². The molecule has 0 atom stereocenters. The van der Waals surface area contributed by atoms with Gasteiger partial charge in [0.15, 0.2) is 5.69 Å². The molecule has 1 heterocycles. The number of hydrogen-bond donors (Lipinski definition) is 1. The molecule has 7 nitrogen and oxygen atoms in total. The number of aromatic nitrogens is 2. The van der Waals surface area contributed by atoms with Crippen LogP contribution in [-0.2, 0) is 17.5 Å². The van der Waals surface area contributed by atoms with Crippen LogP contribution in [0.3, 0.4) is 0 Å². The Balaban J connectivity index is 1.86. The molecular formula is C15H11BrClF3N4O3. The monoisotopic (exact) mass is 466 g/mol. The van der Waals surface area contributed by atoms with Crippen LogP contribution < -0.4 is 5.32 Å². The summed E-state index contributed by atoms with van der Waals surface area (Å²) in [4.78, 5) is 22.6. The first-order valence-electron chi connectivity index (χ1n) is 7.65. The highest BCUT2D eigenvalue weighted by Crippen LogP contribution is 2.47. The number of benzene rings is 1. The fourth-order valence-corrected chi connectivity index (χ4v) is 3.59. The molecule has 2 aromatic rings. The topological polar surface area (TPSA) is 90.1 Å². The molecule has 3 rings (SSSR count). The molecule has 1 aromatic carbocycles. The third kappa shape index (κ3) is 4.24. The Labute approximate surface area is 163 Å². The summed E-state index contributed by atoms with van der Waals surface area (Å²) < 4.78 is 40.1. The van der Waals surface area contributed by atoms with Crippen LogP contribution in [0.4, 0.5) is 24.5 Å². The lowest BCUT2D eigenvalue weighted by molar-refractivity contribution is -0.383. The standard InChI is InChI=1S/C15H11BrClF3N4O3/c16-12-13(7-1-2-7)23(22-14(12)15(18,19)20)6-11(25)21-9-4-3-8(17)5-10(9)24(26)27/h3-5,7H,1-2,6H2,(H,21,25). The largest absolute Gasteiger partial charge is 0.436 e. The van der Waals surface area contributed by atoms with Crippen molar-refractivity contribution >= 4 is 44.8 Å². The minimum absolute atomic E-state index is 0.107. The highest BCUT2D eigenvalue weighted by molar-refractivity contribution is 9.10. The first kappa shape index (κ1) is 19.6. The van der Waals surface area contributed by atoms with E-state index in [9.17, 15) is 28.1 Å². The Morgan fingerprint density at radius 1 is 1.44 bits per heavy atom. The molecule has 1 N–H and O–H groups in total. The zero-order valence-corrected chi connectivity index (χ0v) is 15.7. The zero-order chi connectivity index (χ0) is 19.9. The average molecular weight is 468 g/mol. The Morgan fingerprint density at radius 3 is 2.67 bits per heavy atom. The zero-order valence-electron chi connectivity index (χ0n) is 13.4. The predicted octanol–water partition coefficient (Wildman–Crippen LogP) is 4.74. The van der Waals surface area contributed by atoms with Gasteiger partial charge in [0.1, 0.15) is 12.2 Å². The highest BCUT2D eigenvalue weighted by atomic mass is 79.9.